The molecule has 2 saturated carbocycles. The first kappa shape index (κ1) is 13.4. The van der Waals surface area contributed by atoms with Crippen molar-refractivity contribution in [3.8, 4) is 0 Å². The number of rotatable bonds is 4. The summed E-state index contributed by atoms with van der Waals surface area (Å²) in [5, 5.41) is 3.23. The fraction of sp³-hybridized carbons (Fsp3) is 0.625. The number of hydrogen-bond acceptors (Lipinski definition) is 2. The van der Waals surface area contributed by atoms with E-state index in [0.29, 0.717) is 18.6 Å². The van der Waals surface area contributed by atoms with Crippen LogP contribution in [0.4, 0.5) is 4.79 Å². The minimum atomic E-state index is 0.114. The fourth-order valence-corrected chi connectivity index (χ4v) is 2.95. The minimum absolute atomic E-state index is 0.114. The molecule has 2 amide bonds. The molecule has 1 N–H and O–H groups in total. The predicted octanol–water partition coefficient (Wildman–Crippen LogP) is 3.09. The Morgan fingerprint density at radius 3 is 2.70 bits per heavy atom. The lowest BCUT2D eigenvalue weighted by Gasteiger charge is -2.28. The summed E-state index contributed by atoms with van der Waals surface area (Å²) in [6.07, 6.45) is 12.0. The van der Waals surface area contributed by atoms with E-state index in [9.17, 15) is 4.79 Å². The Morgan fingerprint density at radius 1 is 1.25 bits per heavy atom. The second-order valence-electron chi connectivity index (χ2n) is 6.00. The van der Waals surface area contributed by atoms with Crippen molar-refractivity contribution in [2.75, 3.05) is 0 Å². The monoisotopic (exact) mass is 273 g/mol. The first-order valence-corrected chi connectivity index (χ1v) is 7.79. The lowest BCUT2D eigenvalue weighted by molar-refractivity contribution is 0.184. The molecule has 0 unspecified atom stereocenters. The van der Waals surface area contributed by atoms with Crippen molar-refractivity contribution >= 4 is 6.03 Å². The lowest BCUT2D eigenvalue weighted by Crippen LogP contribution is -2.46. The van der Waals surface area contributed by atoms with E-state index in [1.165, 1.54) is 19.3 Å². The normalized spacial score (nSPS) is 19.6. The Morgan fingerprint density at radius 2 is 2.05 bits per heavy atom. The van der Waals surface area contributed by atoms with E-state index in [0.717, 1.165) is 31.2 Å². The Balaban J connectivity index is 1.59. The standard InChI is InChI=1S/C16H23N3O/c20-16(18-14-6-2-1-3-7-14)19(15-8-9-15)12-13-5-4-10-17-11-13/h4-5,10-11,14-15H,1-3,6-9,12H2,(H,18,20). The summed E-state index contributed by atoms with van der Waals surface area (Å²) in [7, 11) is 0. The first-order chi connectivity index (χ1) is 9.83. The summed E-state index contributed by atoms with van der Waals surface area (Å²) < 4.78 is 0. The van der Waals surface area contributed by atoms with Crippen molar-refractivity contribution < 1.29 is 4.79 Å². The maximum Gasteiger partial charge on any atom is 0.318 e. The Kier molecular flexibility index (Phi) is 4.19. The van der Waals surface area contributed by atoms with Crippen LogP contribution in [0.1, 0.15) is 50.5 Å². The lowest BCUT2D eigenvalue weighted by atomic mass is 9.96. The number of carbonyl (C=O) groups is 1. The van der Waals surface area contributed by atoms with Crippen LogP contribution in [-0.2, 0) is 6.54 Å². The predicted molar refractivity (Wildman–Crippen MR) is 78.2 cm³/mol. The van der Waals surface area contributed by atoms with Crippen molar-refractivity contribution in [2.24, 2.45) is 0 Å². The van der Waals surface area contributed by atoms with E-state index in [1.807, 2.05) is 23.2 Å². The largest absolute Gasteiger partial charge is 0.335 e. The van der Waals surface area contributed by atoms with E-state index in [2.05, 4.69) is 10.3 Å². The maximum atomic E-state index is 12.5. The van der Waals surface area contributed by atoms with Gasteiger partial charge in [-0.1, -0.05) is 25.3 Å². The molecule has 0 aromatic carbocycles. The molecule has 1 aromatic rings. The number of carbonyl (C=O) groups excluding carboxylic acids is 1. The van der Waals surface area contributed by atoms with Crippen LogP contribution in [0.5, 0.6) is 0 Å². The molecular formula is C16H23N3O. The minimum Gasteiger partial charge on any atom is -0.335 e. The number of nitrogens with one attached hydrogen (secondary N) is 1. The molecule has 0 bridgehead atoms. The van der Waals surface area contributed by atoms with Gasteiger partial charge in [0.25, 0.3) is 0 Å². The summed E-state index contributed by atoms with van der Waals surface area (Å²) in [6.45, 7) is 0.678. The average Bonchev–Trinajstić information content (AvgIpc) is 3.31. The molecule has 3 rings (SSSR count). The van der Waals surface area contributed by atoms with Gasteiger partial charge in [0, 0.05) is 31.0 Å². The second kappa shape index (κ2) is 6.25. The van der Waals surface area contributed by atoms with Gasteiger partial charge in [-0.05, 0) is 37.3 Å². The van der Waals surface area contributed by atoms with E-state index in [-0.39, 0.29) is 6.03 Å². The Hall–Kier alpha value is -1.58. The summed E-state index contributed by atoms with van der Waals surface area (Å²) >= 11 is 0. The molecule has 0 spiro atoms. The molecule has 2 aliphatic carbocycles. The van der Waals surface area contributed by atoms with Crippen LogP contribution in [-0.4, -0.2) is 28.0 Å². The van der Waals surface area contributed by atoms with E-state index >= 15 is 0 Å². The maximum absolute atomic E-state index is 12.5. The van der Waals surface area contributed by atoms with Crippen molar-refractivity contribution in [1.29, 1.82) is 0 Å². The summed E-state index contributed by atoms with van der Waals surface area (Å²) in [5.74, 6) is 0. The highest BCUT2D eigenvalue weighted by atomic mass is 16.2. The fourth-order valence-electron chi connectivity index (χ4n) is 2.95. The smallest absolute Gasteiger partial charge is 0.318 e. The van der Waals surface area contributed by atoms with Gasteiger partial charge < -0.3 is 10.2 Å². The van der Waals surface area contributed by atoms with Crippen LogP contribution < -0.4 is 5.32 Å². The SMILES string of the molecule is O=C(NC1CCCCC1)N(Cc1cccnc1)C1CC1. The van der Waals surface area contributed by atoms with Crippen LogP contribution in [0.25, 0.3) is 0 Å². The van der Waals surface area contributed by atoms with Gasteiger partial charge in [-0.2, -0.15) is 0 Å². The molecule has 1 heterocycles. The highest BCUT2D eigenvalue weighted by Gasteiger charge is 2.33. The summed E-state index contributed by atoms with van der Waals surface area (Å²) in [5.41, 5.74) is 1.11. The van der Waals surface area contributed by atoms with Gasteiger partial charge in [-0.15, -0.1) is 0 Å². The third-order valence-electron chi connectivity index (χ3n) is 4.26. The van der Waals surface area contributed by atoms with Gasteiger partial charge in [-0.25, -0.2) is 4.79 Å². The molecule has 0 aliphatic heterocycles. The van der Waals surface area contributed by atoms with Crippen LogP contribution in [0.3, 0.4) is 0 Å². The van der Waals surface area contributed by atoms with Crippen molar-refractivity contribution in [3.05, 3.63) is 30.1 Å². The third-order valence-corrected chi connectivity index (χ3v) is 4.26. The second-order valence-corrected chi connectivity index (χ2v) is 6.00. The van der Waals surface area contributed by atoms with Gasteiger partial charge in [-0.3, -0.25) is 4.98 Å². The van der Waals surface area contributed by atoms with Gasteiger partial charge in [0.2, 0.25) is 0 Å². The van der Waals surface area contributed by atoms with E-state index < -0.39 is 0 Å². The van der Waals surface area contributed by atoms with Crippen LogP contribution in [0.15, 0.2) is 24.5 Å². The molecular weight excluding hydrogens is 250 g/mol. The van der Waals surface area contributed by atoms with Crippen LogP contribution >= 0.6 is 0 Å². The molecule has 0 saturated heterocycles. The van der Waals surface area contributed by atoms with Crippen LogP contribution in [0.2, 0.25) is 0 Å². The molecule has 4 nitrogen and oxygen atoms in total. The zero-order chi connectivity index (χ0) is 13.8. The van der Waals surface area contributed by atoms with Crippen molar-refractivity contribution in [2.45, 2.75) is 63.6 Å². The molecule has 0 radical (unpaired) electrons. The molecule has 20 heavy (non-hydrogen) atoms. The Bertz CT molecular complexity index is 438. The van der Waals surface area contributed by atoms with E-state index in [4.69, 9.17) is 0 Å². The van der Waals surface area contributed by atoms with Gasteiger partial charge in [0.1, 0.15) is 0 Å². The van der Waals surface area contributed by atoms with Crippen LogP contribution in [0, 0.1) is 0 Å². The highest BCUT2D eigenvalue weighted by Crippen LogP contribution is 2.28. The summed E-state index contributed by atoms with van der Waals surface area (Å²) in [4.78, 5) is 18.6. The molecule has 4 heteroatoms. The topological polar surface area (TPSA) is 45.2 Å². The highest BCUT2D eigenvalue weighted by molar-refractivity contribution is 5.75. The summed E-state index contributed by atoms with van der Waals surface area (Å²) in [6, 6.07) is 4.89. The zero-order valence-electron chi connectivity index (χ0n) is 11.9. The Labute approximate surface area is 120 Å². The zero-order valence-corrected chi connectivity index (χ0v) is 11.9. The molecule has 108 valence electrons. The van der Waals surface area contributed by atoms with Gasteiger partial charge in [0.05, 0.1) is 0 Å². The number of hydrogen-bond donors (Lipinski definition) is 1. The average molecular weight is 273 g/mol. The van der Waals surface area contributed by atoms with Gasteiger partial charge >= 0.3 is 6.03 Å². The third kappa shape index (κ3) is 3.50. The van der Waals surface area contributed by atoms with Crippen molar-refractivity contribution in [3.63, 3.8) is 0 Å². The molecule has 0 atom stereocenters. The van der Waals surface area contributed by atoms with Crippen molar-refractivity contribution in [1.82, 2.24) is 15.2 Å². The first-order valence-electron chi connectivity index (χ1n) is 7.79. The number of urea groups is 1. The number of amides is 2. The van der Waals surface area contributed by atoms with E-state index in [1.54, 1.807) is 6.20 Å². The molecule has 1 aromatic heterocycles. The number of pyridine rings is 1. The molecule has 2 aliphatic rings. The van der Waals surface area contributed by atoms with Gasteiger partial charge in [0.15, 0.2) is 0 Å². The number of nitrogens with zero attached hydrogens (tertiary/aromatic N) is 2. The molecule has 2 fully saturated rings. The quantitative estimate of drug-likeness (QED) is 0.916. The number of aromatic nitrogens is 1.